The van der Waals surface area contributed by atoms with Crippen molar-refractivity contribution < 1.29 is 9.53 Å². The van der Waals surface area contributed by atoms with Gasteiger partial charge in [-0.05, 0) is 55.7 Å². The van der Waals surface area contributed by atoms with Crippen molar-refractivity contribution in [2.24, 2.45) is 0 Å². The fourth-order valence-corrected chi connectivity index (χ4v) is 3.61. The molecule has 2 aliphatic rings. The number of hydrogen-bond donors (Lipinski definition) is 1. The molecule has 0 saturated carbocycles. The van der Waals surface area contributed by atoms with Crippen LogP contribution in [0, 0.1) is 0 Å². The van der Waals surface area contributed by atoms with Gasteiger partial charge in [-0.1, -0.05) is 0 Å². The number of ether oxygens (including phenoxy) is 1. The summed E-state index contributed by atoms with van der Waals surface area (Å²) in [5, 5.41) is 2.96. The van der Waals surface area contributed by atoms with Crippen molar-refractivity contribution in [1.29, 1.82) is 0 Å². The van der Waals surface area contributed by atoms with E-state index >= 15 is 0 Å². The Balaban J connectivity index is 1.36. The van der Waals surface area contributed by atoms with Crippen LogP contribution in [0.4, 0.5) is 17.2 Å². The van der Waals surface area contributed by atoms with E-state index in [-0.39, 0.29) is 5.91 Å². The first-order chi connectivity index (χ1) is 13.3. The van der Waals surface area contributed by atoms with Gasteiger partial charge in [-0.3, -0.25) is 4.79 Å². The lowest BCUT2D eigenvalue weighted by Crippen LogP contribution is -2.36. The molecule has 6 heteroatoms. The second-order valence-corrected chi connectivity index (χ2v) is 7.05. The number of piperidine rings is 1. The van der Waals surface area contributed by atoms with Crippen molar-refractivity contribution in [3.8, 4) is 0 Å². The molecule has 1 aromatic heterocycles. The van der Waals surface area contributed by atoms with E-state index in [1.54, 1.807) is 6.20 Å². The summed E-state index contributed by atoms with van der Waals surface area (Å²) in [5.74, 6) is 0.752. The van der Waals surface area contributed by atoms with Crippen molar-refractivity contribution in [2.45, 2.75) is 19.3 Å². The average Bonchev–Trinajstić information content (AvgIpc) is 2.76. The number of nitrogens with zero attached hydrogens (tertiary/aromatic N) is 3. The van der Waals surface area contributed by atoms with Crippen LogP contribution in [0.5, 0.6) is 0 Å². The van der Waals surface area contributed by atoms with Gasteiger partial charge in [0.15, 0.2) is 0 Å². The highest BCUT2D eigenvalue weighted by Crippen LogP contribution is 2.22. The molecular weight excluding hydrogens is 340 g/mol. The Morgan fingerprint density at radius 3 is 2.30 bits per heavy atom. The SMILES string of the molecule is O=C(Nc1ccc(N2CCCCC2)cc1)c1ccc(N2CCOCC2)nc1. The number of carbonyl (C=O) groups is 1. The zero-order valence-electron chi connectivity index (χ0n) is 15.6. The topological polar surface area (TPSA) is 57.7 Å². The molecule has 2 fully saturated rings. The first-order valence-electron chi connectivity index (χ1n) is 9.75. The number of anilines is 3. The minimum absolute atomic E-state index is 0.137. The van der Waals surface area contributed by atoms with Crippen LogP contribution in [-0.2, 0) is 4.74 Å². The van der Waals surface area contributed by atoms with Crippen LogP contribution in [0.3, 0.4) is 0 Å². The summed E-state index contributed by atoms with van der Waals surface area (Å²) in [6, 6.07) is 11.8. The third-order valence-corrected chi connectivity index (χ3v) is 5.19. The van der Waals surface area contributed by atoms with E-state index in [0.717, 1.165) is 50.9 Å². The molecule has 2 saturated heterocycles. The highest BCUT2D eigenvalue weighted by atomic mass is 16.5. The molecule has 1 aromatic carbocycles. The smallest absolute Gasteiger partial charge is 0.257 e. The molecule has 1 amide bonds. The lowest BCUT2D eigenvalue weighted by atomic mass is 10.1. The molecule has 27 heavy (non-hydrogen) atoms. The summed E-state index contributed by atoms with van der Waals surface area (Å²) < 4.78 is 5.36. The van der Waals surface area contributed by atoms with Gasteiger partial charge in [0, 0.05) is 43.8 Å². The molecule has 0 atom stereocenters. The Morgan fingerprint density at radius 2 is 1.63 bits per heavy atom. The van der Waals surface area contributed by atoms with Gasteiger partial charge in [-0.25, -0.2) is 4.98 Å². The highest BCUT2D eigenvalue weighted by Gasteiger charge is 2.14. The molecule has 6 nitrogen and oxygen atoms in total. The first kappa shape index (κ1) is 17.8. The molecule has 0 bridgehead atoms. The Bertz CT molecular complexity index is 749. The van der Waals surface area contributed by atoms with Crippen molar-refractivity contribution in [3.63, 3.8) is 0 Å². The summed E-state index contributed by atoms with van der Waals surface area (Å²) in [5.41, 5.74) is 2.59. The Labute approximate surface area is 160 Å². The van der Waals surface area contributed by atoms with Gasteiger partial charge in [0.25, 0.3) is 5.91 Å². The molecule has 0 spiro atoms. The van der Waals surface area contributed by atoms with Gasteiger partial charge < -0.3 is 19.9 Å². The van der Waals surface area contributed by atoms with Crippen molar-refractivity contribution in [2.75, 3.05) is 54.5 Å². The van der Waals surface area contributed by atoms with E-state index < -0.39 is 0 Å². The number of carbonyl (C=O) groups excluding carboxylic acids is 1. The lowest BCUT2D eigenvalue weighted by molar-refractivity contribution is 0.102. The average molecular weight is 366 g/mol. The summed E-state index contributed by atoms with van der Waals surface area (Å²) >= 11 is 0. The number of morpholine rings is 1. The van der Waals surface area contributed by atoms with Crippen LogP contribution in [0.25, 0.3) is 0 Å². The minimum atomic E-state index is -0.137. The van der Waals surface area contributed by atoms with Gasteiger partial charge in [-0.15, -0.1) is 0 Å². The Hall–Kier alpha value is -2.60. The van der Waals surface area contributed by atoms with E-state index in [4.69, 9.17) is 4.74 Å². The third-order valence-electron chi connectivity index (χ3n) is 5.19. The Kier molecular flexibility index (Phi) is 5.53. The van der Waals surface area contributed by atoms with Gasteiger partial charge in [-0.2, -0.15) is 0 Å². The second kappa shape index (κ2) is 8.39. The van der Waals surface area contributed by atoms with E-state index in [1.807, 2.05) is 24.3 Å². The number of nitrogens with one attached hydrogen (secondary N) is 1. The number of pyridine rings is 1. The van der Waals surface area contributed by atoms with Crippen LogP contribution in [-0.4, -0.2) is 50.3 Å². The van der Waals surface area contributed by atoms with E-state index in [2.05, 4.69) is 32.2 Å². The maximum absolute atomic E-state index is 12.5. The van der Waals surface area contributed by atoms with Crippen molar-refractivity contribution in [1.82, 2.24) is 4.98 Å². The summed E-state index contributed by atoms with van der Waals surface area (Å²) in [4.78, 5) is 21.5. The van der Waals surface area contributed by atoms with Crippen LogP contribution < -0.4 is 15.1 Å². The third kappa shape index (κ3) is 4.39. The molecule has 2 aliphatic heterocycles. The number of rotatable bonds is 4. The second-order valence-electron chi connectivity index (χ2n) is 7.05. The molecular formula is C21H26N4O2. The predicted octanol–water partition coefficient (Wildman–Crippen LogP) is 3.16. The van der Waals surface area contributed by atoms with Gasteiger partial charge in [0.1, 0.15) is 5.82 Å². The van der Waals surface area contributed by atoms with Crippen LogP contribution >= 0.6 is 0 Å². The number of benzene rings is 1. The van der Waals surface area contributed by atoms with E-state index in [0.29, 0.717) is 5.56 Å². The molecule has 142 valence electrons. The Morgan fingerprint density at radius 1 is 0.889 bits per heavy atom. The lowest BCUT2D eigenvalue weighted by Gasteiger charge is -2.28. The number of amides is 1. The normalized spacial score (nSPS) is 17.6. The molecule has 3 heterocycles. The van der Waals surface area contributed by atoms with Crippen LogP contribution in [0.15, 0.2) is 42.6 Å². The maximum Gasteiger partial charge on any atom is 0.257 e. The fourth-order valence-electron chi connectivity index (χ4n) is 3.61. The highest BCUT2D eigenvalue weighted by molar-refractivity contribution is 6.04. The standard InChI is InChI=1S/C21H26N4O2/c26-21(17-4-9-20(22-16-17)25-12-14-27-15-13-25)23-18-5-7-19(8-6-18)24-10-2-1-3-11-24/h4-9,16H,1-3,10-15H2,(H,23,26). The monoisotopic (exact) mass is 366 g/mol. The van der Waals surface area contributed by atoms with Crippen molar-refractivity contribution >= 4 is 23.1 Å². The van der Waals surface area contributed by atoms with Crippen molar-refractivity contribution in [3.05, 3.63) is 48.2 Å². The van der Waals surface area contributed by atoms with Crippen LogP contribution in [0.1, 0.15) is 29.6 Å². The summed E-state index contributed by atoms with van der Waals surface area (Å²) in [7, 11) is 0. The zero-order valence-corrected chi connectivity index (χ0v) is 15.6. The predicted molar refractivity (Wildman–Crippen MR) is 108 cm³/mol. The number of aromatic nitrogens is 1. The molecule has 0 unspecified atom stereocenters. The summed E-state index contributed by atoms with van der Waals surface area (Å²) in [6.45, 7) is 5.35. The van der Waals surface area contributed by atoms with Gasteiger partial charge in [0.05, 0.1) is 18.8 Å². The molecule has 0 aliphatic carbocycles. The maximum atomic E-state index is 12.5. The summed E-state index contributed by atoms with van der Waals surface area (Å²) in [6.07, 6.45) is 5.48. The van der Waals surface area contributed by atoms with E-state index in [1.165, 1.54) is 24.9 Å². The van der Waals surface area contributed by atoms with Crippen LogP contribution in [0.2, 0.25) is 0 Å². The van der Waals surface area contributed by atoms with Gasteiger partial charge >= 0.3 is 0 Å². The molecule has 2 aromatic rings. The largest absolute Gasteiger partial charge is 0.378 e. The molecule has 4 rings (SSSR count). The quantitative estimate of drug-likeness (QED) is 0.901. The zero-order chi connectivity index (χ0) is 18.5. The number of hydrogen-bond acceptors (Lipinski definition) is 5. The molecule has 0 radical (unpaired) electrons. The fraction of sp³-hybridized carbons (Fsp3) is 0.429. The van der Waals surface area contributed by atoms with E-state index in [9.17, 15) is 4.79 Å². The minimum Gasteiger partial charge on any atom is -0.378 e. The van der Waals surface area contributed by atoms with Gasteiger partial charge in [0.2, 0.25) is 0 Å². The first-order valence-corrected chi connectivity index (χ1v) is 9.75. The molecule has 1 N–H and O–H groups in total.